The average Bonchev–Trinajstić information content (AvgIpc) is 2.77. The number of cyclic esters (lactones) is 1. The van der Waals surface area contributed by atoms with E-state index in [0.717, 1.165) is 5.56 Å². The number of amides is 3. The molecule has 1 heterocycles. The first-order valence-corrected chi connectivity index (χ1v) is 8.55. The van der Waals surface area contributed by atoms with E-state index in [1.54, 1.807) is 19.2 Å². The highest BCUT2D eigenvalue weighted by molar-refractivity contribution is 7.90. The molecule has 0 saturated carbocycles. The van der Waals surface area contributed by atoms with Crippen LogP contribution in [-0.2, 0) is 14.8 Å². The third kappa shape index (κ3) is 4.59. The van der Waals surface area contributed by atoms with Crippen LogP contribution >= 0.6 is 0 Å². The van der Waals surface area contributed by atoms with Crippen molar-refractivity contribution in [2.75, 3.05) is 20.1 Å². The van der Waals surface area contributed by atoms with Gasteiger partial charge >= 0.3 is 12.1 Å². The van der Waals surface area contributed by atoms with Crippen LogP contribution in [0.1, 0.15) is 12.0 Å². The number of nitrogens with zero attached hydrogens (tertiary/aromatic N) is 1. The van der Waals surface area contributed by atoms with Gasteiger partial charge in [0.2, 0.25) is 0 Å². The average molecular weight is 341 g/mol. The summed E-state index contributed by atoms with van der Waals surface area (Å²) in [5.74, 6) is 0. The molecule has 0 aromatic heterocycles. The summed E-state index contributed by atoms with van der Waals surface area (Å²) in [4.78, 5) is 24.3. The number of ether oxygens (including phenoxy) is 1. The van der Waals surface area contributed by atoms with Crippen molar-refractivity contribution in [1.82, 2.24) is 14.9 Å². The molecule has 0 bridgehead atoms. The first-order chi connectivity index (χ1) is 10.8. The zero-order valence-electron chi connectivity index (χ0n) is 12.9. The highest BCUT2D eigenvalue weighted by Crippen LogP contribution is 2.11. The minimum Gasteiger partial charge on any atom is -0.444 e. The second kappa shape index (κ2) is 6.86. The number of aryl methyl sites for hydroxylation is 1. The molecule has 23 heavy (non-hydrogen) atoms. The van der Waals surface area contributed by atoms with E-state index in [-0.39, 0.29) is 17.5 Å². The van der Waals surface area contributed by atoms with Crippen molar-refractivity contribution in [3.05, 3.63) is 29.8 Å². The van der Waals surface area contributed by atoms with Crippen molar-refractivity contribution in [3.8, 4) is 0 Å². The number of nitrogens with one attached hydrogen (secondary N) is 2. The van der Waals surface area contributed by atoms with E-state index in [2.05, 4.69) is 5.32 Å². The molecule has 1 fully saturated rings. The molecule has 0 spiro atoms. The highest BCUT2D eigenvalue weighted by Gasteiger charge is 2.27. The monoisotopic (exact) mass is 341 g/mol. The lowest BCUT2D eigenvalue weighted by Crippen LogP contribution is -2.40. The summed E-state index contributed by atoms with van der Waals surface area (Å²) in [5.41, 5.74) is 0.921. The molecule has 8 nitrogen and oxygen atoms in total. The number of benzene rings is 1. The van der Waals surface area contributed by atoms with Crippen LogP contribution < -0.4 is 10.0 Å². The van der Waals surface area contributed by atoms with E-state index >= 15 is 0 Å². The SMILES string of the molecule is Cc1ccc(S(=O)(=O)NC(=O)NCCC2CN(C)C(=O)O2)cc1. The number of hydrogen-bond donors (Lipinski definition) is 2. The summed E-state index contributed by atoms with van der Waals surface area (Å²) in [7, 11) is -2.28. The summed E-state index contributed by atoms with van der Waals surface area (Å²) in [5, 5.41) is 2.44. The van der Waals surface area contributed by atoms with Gasteiger partial charge in [0, 0.05) is 20.0 Å². The Morgan fingerprint density at radius 1 is 1.35 bits per heavy atom. The second-order valence-corrected chi connectivity index (χ2v) is 7.03. The van der Waals surface area contributed by atoms with Crippen LogP contribution in [0.3, 0.4) is 0 Å². The molecule has 1 aliphatic rings. The fourth-order valence-corrected chi connectivity index (χ4v) is 3.01. The lowest BCUT2D eigenvalue weighted by Gasteiger charge is -2.11. The Labute approximate surface area is 134 Å². The lowest BCUT2D eigenvalue weighted by atomic mass is 10.2. The smallest absolute Gasteiger partial charge is 0.409 e. The van der Waals surface area contributed by atoms with Gasteiger partial charge in [-0.05, 0) is 19.1 Å². The van der Waals surface area contributed by atoms with Crippen LogP contribution in [0.15, 0.2) is 29.2 Å². The van der Waals surface area contributed by atoms with E-state index in [1.165, 1.54) is 17.0 Å². The maximum atomic E-state index is 12.0. The quantitative estimate of drug-likeness (QED) is 0.825. The fraction of sp³-hybridized carbons (Fsp3) is 0.429. The molecule has 1 unspecified atom stereocenters. The van der Waals surface area contributed by atoms with Gasteiger partial charge < -0.3 is 15.0 Å². The van der Waals surface area contributed by atoms with Gasteiger partial charge in [-0.1, -0.05) is 17.7 Å². The Hall–Kier alpha value is -2.29. The second-order valence-electron chi connectivity index (χ2n) is 5.35. The molecular weight excluding hydrogens is 322 g/mol. The number of sulfonamides is 1. The number of urea groups is 1. The van der Waals surface area contributed by atoms with Gasteiger partial charge in [-0.25, -0.2) is 22.7 Å². The number of hydrogen-bond acceptors (Lipinski definition) is 5. The largest absolute Gasteiger partial charge is 0.444 e. The maximum Gasteiger partial charge on any atom is 0.409 e. The van der Waals surface area contributed by atoms with Crippen LogP contribution in [-0.4, -0.2) is 51.7 Å². The number of rotatable bonds is 5. The van der Waals surface area contributed by atoms with Crippen LogP contribution in [0.25, 0.3) is 0 Å². The minimum absolute atomic E-state index is 0.0181. The highest BCUT2D eigenvalue weighted by atomic mass is 32.2. The predicted molar refractivity (Wildman–Crippen MR) is 82.4 cm³/mol. The summed E-state index contributed by atoms with van der Waals surface area (Å²) in [6, 6.07) is 5.34. The van der Waals surface area contributed by atoms with Gasteiger partial charge in [-0.3, -0.25) is 0 Å². The van der Waals surface area contributed by atoms with Gasteiger partial charge in [-0.15, -0.1) is 0 Å². The van der Waals surface area contributed by atoms with Crippen LogP contribution in [0.2, 0.25) is 0 Å². The third-order valence-electron chi connectivity index (χ3n) is 3.37. The lowest BCUT2D eigenvalue weighted by molar-refractivity contribution is 0.131. The molecule has 3 amide bonds. The standard InChI is InChI=1S/C14H19N3O5S/c1-10-3-5-12(6-4-10)23(20,21)16-13(18)15-8-7-11-9-17(2)14(19)22-11/h3-6,11H,7-9H2,1-2H3,(H2,15,16,18). The summed E-state index contributed by atoms with van der Waals surface area (Å²) >= 11 is 0. The Kier molecular flexibility index (Phi) is 5.09. The van der Waals surface area contributed by atoms with Crippen molar-refractivity contribution in [2.45, 2.75) is 24.3 Å². The van der Waals surface area contributed by atoms with Crippen molar-refractivity contribution >= 4 is 22.1 Å². The van der Waals surface area contributed by atoms with Crippen LogP contribution in [0, 0.1) is 6.92 Å². The minimum atomic E-state index is -3.90. The molecule has 1 saturated heterocycles. The van der Waals surface area contributed by atoms with Gasteiger partial charge in [-0.2, -0.15) is 0 Å². The Morgan fingerprint density at radius 2 is 2.00 bits per heavy atom. The van der Waals surface area contributed by atoms with E-state index in [0.29, 0.717) is 13.0 Å². The normalized spacial score (nSPS) is 17.7. The third-order valence-corrected chi connectivity index (χ3v) is 4.71. The molecule has 0 aliphatic carbocycles. The van der Waals surface area contributed by atoms with Gasteiger partial charge in [0.05, 0.1) is 11.4 Å². The Balaban J connectivity index is 1.80. The summed E-state index contributed by atoms with van der Waals surface area (Å²) in [6.07, 6.45) is -0.295. The number of carbonyl (C=O) groups excluding carboxylic acids is 2. The topological polar surface area (TPSA) is 105 Å². The van der Waals surface area contributed by atoms with Crippen molar-refractivity contribution in [3.63, 3.8) is 0 Å². The van der Waals surface area contributed by atoms with E-state index in [1.807, 2.05) is 11.6 Å². The van der Waals surface area contributed by atoms with Gasteiger partial charge in [0.15, 0.2) is 0 Å². The Bertz CT molecular complexity index is 687. The van der Waals surface area contributed by atoms with Crippen molar-refractivity contribution < 1.29 is 22.7 Å². The first-order valence-electron chi connectivity index (χ1n) is 7.07. The van der Waals surface area contributed by atoms with E-state index in [4.69, 9.17) is 4.74 Å². The van der Waals surface area contributed by atoms with E-state index < -0.39 is 22.1 Å². The predicted octanol–water partition coefficient (Wildman–Crippen LogP) is 0.824. The molecule has 126 valence electrons. The summed E-state index contributed by atoms with van der Waals surface area (Å²) < 4.78 is 31.0. The first kappa shape index (κ1) is 17.1. The molecule has 1 aromatic carbocycles. The number of carbonyl (C=O) groups is 2. The maximum absolute atomic E-state index is 12.0. The van der Waals surface area contributed by atoms with Gasteiger partial charge in [0.1, 0.15) is 6.10 Å². The van der Waals surface area contributed by atoms with Crippen molar-refractivity contribution in [1.29, 1.82) is 0 Å². The molecule has 1 aliphatic heterocycles. The molecule has 2 rings (SSSR count). The molecular formula is C14H19N3O5S. The molecule has 9 heteroatoms. The van der Waals surface area contributed by atoms with E-state index in [9.17, 15) is 18.0 Å². The zero-order chi connectivity index (χ0) is 17.0. The molecule has 1 aromatic rings. The van der Waals surface area contributed by atoms with Crippen LogP contribution in [0.4, 0.5) is 9.59 Å². The molecule has 1 atom stereocenters. The fourth-order valence-electron chi connectivity index (χ4n) is 2.08. The van der Waals surface area contributed by atoms with Crippen LogP contribution in [0.5, 0.6) is 0 Å². The summed E-state index contributed by atoms with van der Waals surface area (Å²) in [6.45, 7) is 2.48. The van der Waals surface area contributed by atoms with Gasteiger partial charge in [0.25, 0.3) is 10.0 Å². The molecule has 2 N–H and O–H groups in total. The number of likely N-dealkylation sites (N-methyl/N-ethyl adjacent to an activating group) is 1. The Morgan fingerprint density at radius 3 is 2.57 bits per heavy atom. The zero-order valence-corrected chi connectivity index (χ0v) is 13.7. The molecule has 0 radical (unpaired) electrons. The van der Waals surface area contributed by atoms with Crippen molar-refractivity contribution in [2.24, 2.45) is 0 Å².